The number of aryl methyl sites for hydroxylation is 2. The van der Waals surface area contributed by atoms with E-state index in [9.17, 15) is 13.5 Å². The van der Waals surface area contributed by atoms with Crippen molar-refractivity contribution in [3.05, 3.63) is 34.2 Å². The monoisotopic (exact) mass is 316 g/mol. The minimum Gasteiger partial charge on any atom is -0.507 e. The van der Waals surface area contributed by atoms with Gasteiger partial charge in [-0.2, -0.15) is 0 Å². The van der Waals surface area contributed by atoms with E-state index >= 15 is 0 Å². The molecule has 6 nitrogen and oxygen atoms in total. The van der Waals surface area contributed by atoms with E-state index in [2.05, 4.69) is 14.4 Å². The number of phenols is 1. The third-order valence-corrected chi connectivity index (χ3v) is 4.85. The van der Waals surface area contributed by atoms with Crippen LogP contribution in [0.3, 0.4) is 0 Å². The average Bonchev–Trinajstić information content (AvgIpc) is 2.71. The number of benzene rings is 1. The number of aromatic nitrogens is 1. The van der Waals surface area contributed by atoms with E-state index in [1.165, 1.54) is 19.3 Å². The van der Waals surface area contributed by atoms with Gasteiger partial charge in [-0.05, 0) is 32.4 Å². The maximum Gasteiger partial charge on any atom is 0.263 e. The molecule has 20 heavy (non-hydrogen) atoms. The van der Waals surface area contributed by atoms with Crippen molar-refractivity contribution in [1.82, 2.24) is 5.16 Å². The molecule has 1 aromatic heterocycles. The minimum atomic E-state index is -3.95. The second-order valence-corrected chi connectivity index (χ2v) is 6.42. The van der Waals surface area contributed by atoms with Gasteiger partial charge in [0, 0.05) is 5.56 Å². The van der Waals surface area contributed by atoms with Gasteiger partial charge in [-0.3, -0.25) is 4.72 Å². The summed E-state index contributed by atoms with van der Waals surface area (Å²) >= 11 is 6.00. The Balaban J connectivity index is 2.56. The van der Waals surface area contributed by atoms with E-state index in [-0.39, 0.29) is 26.9 Å². The number of aromatic hydroxyl groups is 1. The highest BCUT2D eigenvalue weighted by atomic mass is 35.5. The fraction of sp³-hybridized carbons (Fsp3) is 0.250. The summed E-state index contributed by atoms with van der Waals surface area (Å²) in [5, 5.41) is 13.5. The van der Waals surface area contributed by atoms with Gasteiger partial charge in [0.05, 0.1) is 5.02 Å². The lowest BCUT2D eigenvalue weighted by Gasteiger charge is -2.13. The largest absolute Gasteiger partial charge is 0.507 e. The zero-order valence-electron chi connectivity index (χ0n) is 11.1. The number of anilines is 1. The van der Waals surface area contributed by atoms with Gasteiger partial charge in [-0.15, -0.1) is 0 Å². The van der Waals surface area contributed by atoms with Crippen LogP contribution < -0.4 is 4.72 Å². The Morgan fingerprint density at radius 2 is 2.00 bits per heavy atom. The molecule has 0 radical (unpaired) electrons. The van der Waals surface area contributed by atoms with Crippen LogP contribution >= 0.6 is 11.6 Å². The number of rotatable bonds is 3. The van der Waals surface area contributed by atoms with E-state index in [0.717, 1.165) is 0 Å². The summed E-state index contributed by atoms with van der Waals surface area (Å²) in [5.74, 6) is -0.100. The Morgan fingerprint density at radius 3 is 2.55 bits per heavy atom. The first-order valence-corrected chi connectivity index (χ1v) is 7.52. The quantitative estimate of drug-likeness (QED) is 0.908. The molecule has 0 aliphatic carbocycles. The summed E-state index contributed by atoms with van der Waals surface area (Å²) in [5.41, 5.74) is 1.32. The highest BCUT2D eigenvalue weighted by molar-refractivity contribution is 7.93. The van der Waals surface area contributed by atoms with Crippen LogP contribution in [0.15, 0.2) is 21.7 Å². The SMILES string of the molecule is Cc1cc(Cl)c(S(=O)(=O)Nc2conc2C)c(C)c1O. The Morgan fingerprint density at radius 1 is 1.35 bits per heavy atom. The molecule has 0 bridgehead atoms. The molecule has 108 valence electrons. The standard InChI is InChI=1S/C12H13ClN2O4S/c1-6-4-9(13)12(7(2)11(6)16)20(17,18)15-10-5-19-14-8(10)3/h4-5,15-16H,1-3H3. The molecular weight excluding hydrogens is 304 g/mol. The van der Waals surface area contributed by atoms with Gasteiger partial charge in [0.1, 0.15) is 28.3 Å². The first-order valence-electron chi connectivity index (χ1n) is 5.66. The lowest BCUT2D eigenvalue weighted by molar-refractivity contribution is 0.415. The predicted molar refractivity (Wildman–Crippen MR) is 74.6 cm³/mol. The van der Waals surface area contributed by atoms with Crippen molar-refractivity contribution in [3.8, 4) is 5.75 Å². The van der Waals surface area contributed by atoms with Crippen molar-refractivity contribution < 1.29 is 18.0 Å². The molecule has 0 fully saturated rings. The molecule has 1 aromatic carbocycles. The van der Waals surface area contributed by atoms with E-state index in [1.807, 2.05) is 0 Å². The molecule has 2 rings (SSSR count). The topological polar surface area (TPSA) is 92.4 Å². The summed E-state index contributed by atoms with van der Waals surface area (Å²) in [4.78, 5) is -0.164. The normalized spacial score (nSPS) is 11.6. The zero-order chi connectivity index (χ0) is 15.1. The second-order valence-electron chi connectivity index (χ2n) is 4.40. The molecular formula is C12H13ClN2O4S. The molecule has 2 N–H and O–H groups in total. The summed E-state index contributed by atoms with van der Waals surface area (Å²) in [6, 6.07) is 1.40. The number of halogens is 1. The maximum atomic E-state index is 12.4. The molecule has 0 unspecified atom stereocenters. The summed E-state index contributed by atoms with van der Waals surface area (Å²) in [6.45, 7) is 4.73. The second kappa shape index (κ2) is 4.99. The zero-order valence-corrected chi connectivity index (χ0v) is 12.6. The van der Waals surface area contributed by atoms with Gasteiger partial charge in [0.25, 0.3) is 10.0 Å². The minimum absolute atomic E-state index is 0.0411. The third kappa shape index (κ3) is 2.46. The van der Waals surface area contributed by atoms with Crippen LogP contribution in [0.2, 0.25) is 5.02 Å². The first kappa shape index (κ1) is 14.7. The summed E-state index contributed by atoms with van der Waals surface area (Å²) in [7, 11) is -3.95. The van der Waals surface area contributed by atoms with Crippen LogP contribution in [-0.4, -0.2) is 18.7 Å². The lowest BCUT2D eigenvalue weighted by atomic mass is 10.1. The van der Waals surface area contributed by atoms with Crippen LogP contribution in [0.25, 0.3) is 0 Å². The first-order chi connectivity index (χ1) is 9.24. The van der Waals surface area contributed by atoms with Crippen LogP contribution in [0.4, 0.5) is 5.69 Å². The molecule has 0 aliphatic rings. The van der Waals surface area contributed by atoms with Crippen LogP contribution in [-0.2, 0) is 10.0 Å². The number of phenolic OH excluding ortho intramolecular Hbond substituents is 1. The van der Waals surface area contributed by atoms with Gasteiger partial charge in [0.2, 0.25) is 0 Å². The lowest BCUT2D eigenvalue weighted by Crippen LogP contribution is -2.15. The Labute approximate surface area is 121 Å². The molecule has 0 saturated heterocycles. The molecule has 0 amide bonds. The predicted octanol–water partition coefficient (Wildman–Crippen LogP) is 2.76. The van der Waals surface area contributed by atoms with Crippen molar-refractivity contribution in [2.75, 3.05) is 4.72 Å². The third-order valence-electron chi connectivity index (χ3n) is 2.89. The van der Waals surface area contributed by atoms with E-state index in [0.29, 0.717) is 11.3 Å². The Hall–Kier alpha value is -1.73. The van der Waals surface area contributed by atoms with Crippen molar-refractivity contribution in [1.29, 1.82) is 0 Å². The summed E-state index contributed by atoms with van der Waals surface area (Å²) < 4.78 is 31.8. The van der Waals surface area contributed by atoms with E-state index in [1.54, 1.807) is 13.8 Å². The smallest absolute Gasteiger partial charge is 0.263 e. The van der Waals surface area contributed by atoms with Crippen molar-refractivity contribution in [2.45, 2.75) is 25.7 Å². The number of nitrogens with one attached hydrogen (secondary N) is 1. The molecule has 0 spiro atoms. The van der Waals surface area contributed by atoms with Crippen LogP contribution in [0.5, 0.6) is 5.75 Å². The molecule has 8 heteroatoms. The van der Waals surface area contributed by atoms with Crippen molar-refractivity contribution in [2.24, 2.45) is 0 Å². The molecule has 1 heterocycles. The van der Waals surface area contributed by atoms with Crippen LogP contribution in [0.1, 0.15) is 16.8 Å². The van der Waals surface area contributed by atoms with E-state index in [4.69, 9.17) is 11.6 Å². The van der Waals surface area contributed by atoms with Crippen molar-refractivity contribution in [3.63, 3.8) is 0 Å². The molecule has 0 atom stereocenters. The highest BCUT2D eigenvalue weighted by Crippen LogP contribution is 2.35. The van der Waals surface area contributed by atoms with Crippen LogP contribution in [0, 0.1) is 20.8 Å². The molecule has 0 aliphatic heterocycles. The molecule has 2 aromatic rings. The van der Waals surface area contributed by atoms with Gasteiger partial charge in [0.15, 0.2) is 0 Å². The molecule has 0 saturated carbocycles. The number of sulfonamides is 1. The number of hydrogen-bond acceptors (Lipinski definition) is 5. The van der Waals surface area contributed by atoms with E-state index < -0.39 is 10.0 Å². The Kier molecular flexibility index (Phi) is 3.66. The van der Waals surface area contributed by atoms with Crippen molar-refractivity contribution >= 4 is 27.3 Å². The fourth-order valence-electron chi connectivity index (χ4n) is 1.82. The Bertz CT molecular complexity index is 768. The maximum absolute atomic E-state index is 12.4. The summed E-state index contributed by atoms with van der Waals surface area (Å²) in [6.07, 6.45) is 1.18. The number of hydrogen-bond donors (Lipinski definition) is 2. The van der Waals surface area contributed by atoms with Gasteiger partial charge >= 0.3 is 0 Å². The van der Waals surface area contributed by atoms with Gasteiger partial charge in [-0.1, -0.05) is 16.8 Å². The average molecular weight is 317 g/mol. The van der Waals surface area contributed by atoms with Gasteiger partial charge < -0.3 is 9.63 Å². The number of nitrogens with zero attached hydrogens (tertiary/aromatic N) is 1. The van der Waals surface area contributed by atoms with Gasteiger partial charge in [-0.25, -0.2) is 8.42 Å². The highest BCUT2D eigenvalue weighted by Gasteiger charge is 2.25. The fourth-order valence-corrected chi connectivity index (χ4v) is 3.84.